The van der Waals surface area contributed by atoms with Crippen molar-refractivity contribution in [2.24, 2.45) is 5.73 Å². The fourth-order valence-electron chi connectivity index (χ4n) is 1.74. The van der Waals surface area contributed by atoms with Crippen LogP contribution >= 0.6 is 11.3 Å². The van der Waals surface area contributed by atoms with Crippen LogP contribution in [0.5, 0.6) is 0 Å². The van der Waals surface area contributed by atoms with Crippen LogP contribution in [-0.2, 0) is 6.42 Å². The molecule has 0 aliphatic heterocycles. The zero-order chi connectivity index (χ0) is 15.2. The van der Waals surface area contributed by atoms with E-state index in [-0.39, 0.29) is 11.9 Å². The Morgan fingerprint density at radius 3 is 2.90 bits per heavy atom. The molecule has 1 amide bonds. The lowest BCUT2D eigenvalue weighted by Gasteiger charge is -2.09. The number of nitrogens with one attached hydrogen (secondary N) is 2. The molecule has 21 heavy (non-hydrogen) atoms. The van der Waals surface area contributed by atoms with Crippen molar-refractivity contribution in [2.75, 3.05) is 11.9 Å². The van der Waals surface area contributed by atoms with Crippen LogP contribution in [0.4, 0.5) is 10.8 Å². The van der Waals surface area contributed by atoms with Gasteiger partial charge >= 0.3 is 0 Å². The zero-order valence-electron chi connectivity index (χ0n) is 12.1. The minimum absolute atomic E-state index is 0.0882. The maximum atomic E-state index is 12.0. The van der Waals surface area contributed by atoms with Gasteiger partial charge in [-0.05, 0) is 38.6 Å². The van der Waals surface area contributed by atoms with E-state index >= 15 is 0 Å². The average molecular weight is 305 g/mol. The van der Waals surface area contributed by atoms with Crippen molar-refractivity contribution in [2.45, 2.75) is 26.3 Å². The first-order valence-electron chi connectivity index (χ1n) is 6.79. The number of rotatable bonds is 6. The number of anilines is 2. The minimum Gasteiger partial charge on any atom is -0.350 e. The predicted octanol–water partition coefficient (Wildman–Crippen LogP) is 1.92. The van der Waals surface area contributed by atoms with Crippen LogP contribution in [0, 0.1) is 0 Å². The molecule has 0 radical (unpaired) electrons. The SMILES string of the molecule is CC(C)NC(=O)c1cccc(Nc2nnc(CCN)s2)c1. The normalized spacial score (nSPS) is 10.7. The highest BCUT2D eigenvalue weighted by atomic mass is 32.1. The summed E-state index contributed by atoms with van der Waals surface area (Å²) in [6.45, 7) is 4.42. The second-order valence-electron chi connectivity index (χ2n) is 4.87. The second-order valence-corrected chi connectivity index (χ2v) is 5.94. The Kier molecular flexibility index (Phi) is 5.24. The molecule has 0 aliphatic carbocycles. The highest BCUT2D eigenvalue weighted by Gasteiger charge is 2.09. The Bertz CT molecular complexity index is 611. The molecule has 0 saturated carbocycles. The van der Waals surface area contributed by atoms with E-state index in [0.717, 1.165) is 17.1 Å². The van der Waals surface area contributed by atoms with Crippen LogP contribution in [0.3, 0.4) is 0 Å². The molecule has 0 aliphatic rings. The standard InChI is InChI=1S/C14H19N5OS/c1-9(2)16-13(20)10-4-3-5-11(8-10)17-14-19-18-12(21-14)6-7-15/h3-5,8-9H,6-7,15H2,1-2H3,(H,16,20)(H,17,19). The first kappa shape index (κ1) is 15.4. The molecule has 2 aromatic rings. The van der Waals surface area contributed by atoms with Crippen molar-refractivity contribution in [1.29, 1.82) is 0 Å². The average Bonchev–Trinajstić information content (AvgIpc) is 2.86. The van der Waals surface area contributed by atoms with Crippen LogP contribution in [0.2, 0.25) is 0 Å². The summed E-state index contributed by atoms with van der Waals surface area (Å²) >= 11 is 1.46. The first-order valence-corrected chi connectivity index (χ1v) is 7.60. The number of nitrogens with two attached hydrogens (primary N) is 1. The van der Waals surface area contributed by atoms with Gasteiger partial charge in [0, 0.05) is 23.7 Å². The van der Waals surface area contributed by atoms with Crippen LogP contribution < -0.4 is 16.4 Å². The molecule has 0 atom stereocenters. The molecule has 112 valence electrons. The topological polar surface area (TPSA) is 92.9 Å². The smallest absolute Gasteiger partial charge is 0.251 e. The minimum atomic E-state index is -0.0882. The number of hydrogen-bond donors (Lipinski definition) is 3. The lowest BCUT2D eigenvalue weighted by atomic mass is 10.2. The third-order valence-corrected chi connectivity index (χ3v) is 3.52. The highest BCUT2D eigenvalue weighted by Crippen LogP contribution is 2.21. The Balaban J connectivity index is 2.08. The van der Waals surface area contributed by atoms with Gasteiger partial charge in [-0.1, -0.05) is 17.4 Å². The van der Waals surface area contributed by atoms with E-state index in [0.29, 0.717) is 17.2 Å². The number of benzene rings is 1. The largest absolute Gasteiger partial charge is 0.350 e. The summed E-state index contributed by atoms with van der Waals surface area (Å²) in [7, 11) is 0. The van der Waals surface area contributed by atoms with Crippen LogP contribution in [-0.4, -0.2) is 28.7 Å². The van der Waals surface area contributed by atoms with Crippen molar-refractivity contribution in [3.63, 3.8) is 0 Å². The van der Waals surface area contributed by atoms with Crippen molar-refractivity contribution >= 4 is 28.1 Å². The third-order valence-electron chi connectivity index (χ3n) is 2.62. The van der Waals surface area contributed by atoms with E-state index in [4.69, 9.17) is 5.73 Å². The van der Waals surface area contributed by atoms with Gasteiger partial charge in [-0.15, -0.1) is 10.2 Å². The molecular formula is C14H19N5OS. The molecule has 6 nitrogen and oxygen atoms in total. The number of aromatic nitrogens is 2. The molecule has 4 N–H and O–H groups in total. The van der Waals surface area contributed by atoms with Gasteiger partial charge < -0.3 is 16.4 Å². The summed E-state index contributed by atoms with van der Waals surface area (Å²) in [5.74, 6) is -0.0882. The molecule has 1 aromatic carbocycles. The monoisotopic (exact) mass is 305 g/mol. The molecule has 0 bridgehead atoms. The molecule has 7 heteroatoms. The lowest BCUT2D eigenvalue weighted by Crippen LogP contribution is -2.30. The third kappa shape index (κ3) is 4.51. The molecule has 1 heterocycles. The number of nitrogens with zero attached hydrogens (tertiary/aromatic N) is 2. The van der Waals surface area contributed by atoms with Gasteiger partial charge in [0.25, 0.3) is 5.91 Å². The molecule has 0 saturated heterocycles. The zero-order valence-corrected chi connectivity index (χ0v) is 12.9. The molecule has 1 aromatic heterocycles. The van der Waals surface area contributed by atoms with Crippen molar-refractivity contribution < 1.29 is 4.79 Å². The fraction of sp³-hybridized carbons (Fsp3) is 0.357. The van der Waals surface area contributed by atoms with Crippen LogP contribution in [0.25, 0.3) is 0 Å². The summed E-state index contributed by atoms with van der Waals surface area (Å²) in [5.41, 5.74) is 6.91. The first-order chi connectivity index (χ1) is 10.1. The summed E-state index contributed by atoms with van der Waals surface area (Å²) in [4.78, 5) is 12.0. The second kappa shape index (κ2) is 7.14. The Labute approximate surface area is 127 Å². The summed E-state index contributed by atoms with van der Waals surface area (Å²) < 4.78 is 0. The van der Waals surface area contributed by atoms with Crippen molar-refractivity contribution in [3.8, 4) is 0 Å². The van der Waals surface area contributed by atoms with Gasteiger partial charge in [0.1, 0.15) is 5.01 Å². The van der Waals surface area contributed by atoms with E-state index in [2.05, 4.69) is 20.8 Å². The summed E-state index contributed by atoms with van der Waals surface area (Å²) in [6, 6.07) is 7.40. The number of amides is 1. The molecule has 0 spiro atoms. The van der Waals surface area contributed by atoms with Crippen molar-refractivity contribution in [1.82, 2.24) is 15.5 Å². The Morgan fingerprint density at radius 2 is 2.19 bits per heavy atom. The van der Waals surface area contributed by atoms with Gasteiger partial charge in [-0.2, -0.15) is 0 Å². The Hall–Kier alpha value is -1.99. The van der Waals surface area contributed by atoms with E-state index in [1.807, 2.05) is 26.0 Å². The quantitative estimate of drug-likeness (QED) is 0.758. The van der Waals surface area contributed by atoms with Gasteiger partial charge in [-0.25, -0.2) is 0 Å². The van der Waals surface area contributed by atoms with E-state index < -0.39 is 0 Å². The van der Waals surface area contributed by atoms with Crippen LogP contribution in [0.15, 0.2) is 24.3 Å². The van der Waals surface area contributed by atoms with Crippen LogP contribution in [0.1, 0.15) is 29.2 Å². The van der Waals surface area contributed by atoms with E-state index in [1.54, 1.807) is 12.1 Å². The van der Waals surface area contributed by atoms with Gasteiger partial charge in [0.05, 0.1) is 0 Å². The number of carbonyl (C=O) groups excluding carboxylic acids is 1. The fourth-order valence-corrected chi connectivity index (χ4v) is 2.51. The summed E-state index contributed by atoms with van der Waals surface area (Å²) in [6.07, 6.45) is 0.718. The Morgan fingerprint density at radius 1 is 1.38 bits per heavy atom. The van der Waals surface area contributed by atoms with Crippen molar-refractivity contribution in [3.05, 3.63) is 34.8 Å². The maximum Gasteiger partial charge on any atom is 0.251 e. The number of hydrogen-bond acceptors (Lipinski definition) is 6. The molecule has 0 fully saturated rings. The lowest BCUT2D eigenvalue weighted by molar-refractivity contribution is 0.0943. The summed E-state index contributed by atoms with van der Waals surface area (Å²) in [5, 5.41) is 15.7. The molecule has 0 unspecified atom stereocenters. The van der Waals surface area contributed by atoms with E-state index in [9.17, 15) is 4.79 Å². The van der Waals surface area contributed by atoms with Gasteiger partial charge in [-0.3, -0.25) is 4.79 Å². The molecular weight excluding hydrogens is 286 g/mol. The van der Waals surface area contributed by atoms with Gasteiger partial charge in [0.15, 0.2) is 0 Å². The predicted molar refractivity (Wildman–Crippen MR) is 85.0 cm³/mol. The number of carbonyl (C=O) groups is 1. The highest BCUT2D eigenvalue weighted by molar-refractivity contribution is 7.15. The van der Waals surface area contributed by atoms with E-state index in [1.165, 1.54) is 11.3 Å². The maximum absolute atomic E-state index is 12.0. The van der Waals surface area contributed by atoms with Gasteiger partial charge in [0.2, 0.25) is 5.13 Å². The molecule has 2 rings (SSSR count).